The van der Waals surface area contributed by atoms with Crippen molar-refractivity contribution in [3.63, 3.8) is 0 Å². The van der Waals surface area contributed by atoms with Crippen LogP contribution in [0.4, 0.5) is 13.2 Å². The van der Waals surface area contributed by atoms with Crippen LogP contribution in [0.25, 0.3) is 0 Å². The monoisotopic (exact) mass is 282 g/mol. The van der Waals surface area contributed by atoms with Crippen LogP contribution in [0.1, 0.15) is 36.8 Å². The fourth-order valence-electron chi connectivity index (χ4n) is 2.79. The van der Waals surface area contributed by atoms with Crippen LogP contribution in [-0.2, 0) is 6.18 Å². The van der Waals surface area contributed by atoms with Gasteiger partial charge in [-0.25, -0.2) is 0 Å². The zero-order chi connectivity index (χ0) is 14.8. The third-order valence-corrected chi connectivity index (χ3v) is 4.29. The van der Waals surface area contributed by atoms with Crippen LogP contribution in [0.3, 0.4) is 0 Å². The molecule has 2 rings (SSSR count). The van der Waals surface area contributed by atoms with Crippen molar-refractivity contribution in [1.29, 1.82) is 5.26 Å². The highest BCUT2D eigenvalue weighted by Gasteiger charge is 2.39. The number of hydrogen-bond donors (Lipinski definition) is 1. The Balaban J connectivity index is 2.24. The molecule has 1 heterocycles. The molecule has 0 saturated carbocycles. The van der Waals surface area contributed by atoms with E-state index in [0.29, 0.717) is 0 Å². The molecule has 1 aliphatic rings. The molecule has 5 heteroatoms. The van der Waals surface area contributed by atoms with Crippen LogP contribution in [-0.4, -0.2) is 13.1 Å². The summed E-state index contributed by atoms with van der Waals surface area (Å²) in [6.07, 6.45) is -2.86. The Morgan fingerprint density at radius 3 is 2.20 bits per heavy atom. The quantitative estimate of drug-likeness (QED) is 0.897. The maximum absolute atomic E-state index is 12.6. The van der Waals surface area contributed by atoms with Crippen LogP contribution in [0.5, 0.6) is 0 Å². The summed E-state index contributed by atoms with van der Waals surface area (Å²) in [5.74, 6) is -0.0723. The van der Waals surface area contributed by atoms with E-state index in [-0.39, 0.29) is 5.92 Å². The van der Waals surface area contributed by atoms with E-state index in [9.17, 15) is 18.4 Å². The molecule has 1 atom stereocenters. The first-order valence-corrected chi connectivity index (χ1v) is 6.68. The third kappa shape index (κ3) is 2.80. The van der Waals surface area contributed by atoms with E-state index >= 15 is 0 Å². The normalized spacial score (nSPS) is 20.1. The molecular formula is C15H17F3N2. The van der Waals surface area contributed by atoms with Crippen molar-refractivity contribution in [3.05, 3.63) is 35.4 Å². The Hall–Kier alpha value is -1.54. The maximum atomic E-state index is 12.6. The Morgan fingerprint density at radius 1 is 1.20 bits per heavy atom. The number of alkyl halides is 3. The van der Waals surface area contributed by atoms with Crippen molar-refractivity contribution in [1.82, 2.24) is 5.32 Å². The molecule has 108 valence electrons. The van der Waals surface area contributed by atoms with Gasteiger partial charge in [-0.2, -0.15) is 18.4 Å². The molecule has 0 aromatic heterocycles. The third-order valence-electron chi connectivity index (χ3n) is 4.29. The van der Waals surface area contributed by atoms with Gasteiger partial charge in [-0.05, 0) is 49.5 Å². The fraction of sp³-hybridized carbons (Fsp3) is 0.533. The zero-order valence-electron chi connectivity index (χ0n) is 11.3. The summed E-state index contributed by atoms with van der Waals surface area (Å²) in [6.45, 7) is 3.48. The lowest BCUT2D eigenvalue weighted by Gasteiger charge is -2.36. The first kappa shape index (κ1) is 14.9. The highest BCUT2D eigenvalue weighted by Crippen LogP contribution is 2.42. The lowest BCUT2D eigenvalue weighted by atomic mass is 9.68. The van der Waals surface area contributed by atoms with Gasteiger partial charge in [0.1, 0.15) is 0 Å². The number of piperidine rings is 1. The average Bonchev–Trinajstić information content (AvgIpc) is 2.46. The molecule has 20 heavy (non-hydrogen) atoms. The predicted molar refractivity (Wildman–Crippen MR) is 70.0 cm³/mol. The number of hydrogen-bond acceptors (Lipinski definition) is 2. The number of halogens is 3. The SMILES string of the molecule is CC(c1ccc(C(F)(F)F)cc1)C1(C#N)CCNCC1. The van der Waals surface area contributed by atoms with E-state index in [1.807, 2.05) is 6.92 Å². The summed E-state index contributed by atoms with van der Waals surface area (Å²) in [5.41, 5.74) is -0.337. The summed E-state index contributed by atoms with van der Waals surface area (Å²) in [4.78, 5) is 0. The highest BCUT2D eigenvalue weighted by molar-refractivity contribution is 5.30. The van der Waals surface area contributed by atoms with Crippen LogP contribution in [0.2, 0.25) is 0 Å². The van der Waals surface area contributed by atoms with Crippen molar-refractivity contribution in [3.8, 4) is 6.07 Å². The van der Waals surface area contributed by atoms with Gasteiger partial charge in [-0.15, -0.1) is 0 Å². The first-order chi connectivity index (χ1) is 9.39. The van der Waals surface area contributed by atoms with Gasteiger partial charge in [0.15, 0.2) is 0 Å². The van der Waals surface area contributed by atoms with Gasteiger partial charge in [0, 0.05) is 0 Å². The van der Waals surface area contributed by atoms with Gasteiger partial charge in [0.2, 0.25) is 0 Å². The molecule has 0 spiro atoms. The minimum atomic E-state index is -4.32. The summed E-state index contributed by atoms with van der Waals surface area (Å²) in [5, 5.41) is 12.7. The van der Waals surface area contributed by atoms with E-state index in [0.717, 1.165) is 43.6 Å². The van der Waals surface area contributed by atoms with E-state index in [1.165, 1.54) is 12.1 Å². The lowest BCUT2D eigenvalue weighted by molar-refractivity contribution is -0.137. The van der Waals surface area contributed by atoms with Crippen molar-refractivity contribution in [2.75, 3.05) is 13.1 Å². The largest absolute Gasteiger partial charge is 0.416 e. The standard InChI is InChI=1S/C15H17F3N2/c1-11(14(10-19)6-8-20-9-7-14)12-2-4-13(5-3-12)15(16,17)18/h2-5,11,20H,6-9H2,1H3. The van der Waals surface area contributed by atoms with Crippen molar-refractivity contribution in [2.45, 2.75) is 31.9 Å². The van der Waals surface area contributed by atoms with Crippen molar-refractivity contribution in [2.24, 2.45) is 5.41 Å². The maximum Gasteiger partial charge on any atom is 0.416 e. The molecule has 0 amide bonds. The number of benzene rings is 1. The molecule has 1 aliphatic heterocycles. The fourth-order valence-corrected chi connectivity index (χ4v) is 2.79. The van der Waals surface area contributed by atoms with E-state index in [1.54, 1.807) is 0 Å². The van der Waals surface area contributed by atoms with Gasteiger partial charge >= 0.3 is 6.18 Å². The number of rotatable bonds is 2. The summed E-state index contributed by atoms with van der Waals surface area (Å²) in [6, 6.07) is 7.58. The molecule has 1 fully saturated rings. The number of nitrogens with one attached hydrogen (secondary N) is 1. The molecule has 1 aromatic rings. The average molecular weight is 282 g/mol. The van der Waals surface area contributed by atoms with Gasteiger partial charge in [0.05, 0.1) is 17.0 Å². The van der Waals surface area contributed by atoms with Gasteiger partial charge in [-0.1, -0.05) is 19.1 Å². The molecule has 1 unspecified atom stereocenters. The van der Waals surface area contributed by atoms with Gasteiger partial charge < -0.3 is 5.32 Å². The first-order valence-electron chi connectivity index (χ1n) is 6.68. The van der Waals surface area contributed by atoms with Crippen LogP contribution < -0.4 is 5.32 Å². The summed E-state index contributed by atoms with van der Waals surface area (Å²) < 4.78 is 37.7. The topological polar surface area (TPSA) is 35.8 Å². The van der Waals surface area contributed by atoms with Crippen LogP contribution >= 0.6 is 0 Å². The molecule has 0 radical (unpaired) electrons. The molecule has 1 saturated heterocycles. The second-order valence-corrected chi connectivity index (χ2v) is 5.36. The Labute approximate surface area is 116 Å². The Morgan fingerprint density at radius 2 is 1.75 bits per heavy atom. The molecule has 1 N–H and O–H groups in total. The highest BCUT2D eigenvalue weighted by atomic mass is 19.4. The molecule has 2 nitrogen and oxygen atoms in total. The second-order valence-electron chi connectivity index (χ2n) is 5.36. The zero-order valence-corrected chi connectivity index (χ0v) is 11.3. The van der Waals surface area contributed by atoms with Crippen LogP contribution in [0, 0.1) is 16.7 Å². The van der Waals surface area contributed by atoms with E-state index < -0.39 is 17.2 Å². The van der Waals surface area contributed by atoms with Crippen LogP contribution in [0.15, 0.2) is 24.3 Å². The second kappa shape index (κ2) is 5.45. The predicted octanol–water partition coefficient (Wildman–Crippen LogP) is 3.70. The molecule has 0 aliphatic carbocycles. The molecular weight excluding hydrogens is 265 g/mol. The van der Waals surface area contributed by atoms with Crippen molar-refractivity contribution < 1.29 is 13.2 Å². The smallest absolute Gasteiger partial charge is 0.317 e. The minimum absolute atomic E-state index is 0.0723. The minimum Gasteiger partial charge on any atom is -0.317 e. The van der Waals surface area contributed by atoms with Gasteiger partial charge in [-0.3, -0.25) is 0 Å². The molecule has 1 aromatic carbocycles. The Kier molecular flexibility index (Phi) is 4.05. The van der Waals surface area contributed by atoms with Gasteiger partial charge in [0.25, 0.3) is 0 Å². The number of nitrogens with zero attached hydrogens (tertiary/aromatic N) is 1. The number of nitriles is 1. The summed E-state index contributed by atoms with van der Waals surface area (Å²) in [7, 11) is 0. The summed E-state index contributed by atoms with van der Waals surface area (Å²) >= 11 is 0. The Bertz CT molecular complexity index is 493. The molecule has 0 bridgehead atoms. The van der Waals surface area contributed by atoms with E-state index in [4.69, 9.17) is 0 Å². The van der Waals surface area contributed by atoms with E-state index in [2.05, 4.69) is 11.4 Å². The van der Waals surface area contributed by atoms with Crippen molar-refractivity contribution >= 4 is 0 Å². The lowest BCUT2D eigenvalue weighted by Crippen LogP contribution is -2.39.